The molecule has 0 amide bonds. The molecule has 2 aromatic rings. The van der Waals surface area contributed by atoms with E-state index >= 15 is 0 Å². The van der Waals surface area contributed by atoms with Gasteiger partial charge < -0.3 is 4.90 Å². The third-order valence-electron chi connectivity index (χ3n) is 4.13. The van der Waals surface area contributed by atoms with Crippen LogP contribution in [-0.2, 0) is 0 Å². The summed E-state index contributed by atoms with van der Waals surface area (Å²) in [5.74, 6) is 0. The molecule has 0 bridgehead atoms. The van der Waals surface area contributed by atoms with E-state index in [4.69, 9.17) is 5.26 Å². The van der Waals surface area contributed by atoms with Gasteiger partial charge in [-0.1, -0.05) is 18.2 Å². The Labute approximate surface area is 126 Å². The number of allylic oxidation sites excluding steroid dienone is 1. The average Bonchev–Trinajstić information content (AvgIpc) is 2.55. The van der Waals surface area contributed by atoms with Gasteiger partial charge in [-0.25, -0.2) is 0 Å². The molecule has 1 aliphatic heterocycles. The molecule has 0 aliphatic carbocycles. The zero-order valence-corrected chi connectivity index (χ0v) is 12.5. The Morgan fingerprint density at radius 3 is 2.52 bits per heavy atom. The molecule has 0 unspecified atom stereocenters. The molecule has 21 heavy (non-hydrogen) atoms. The van der Waals surface area contributed by atoms with Crippen molar-refractivity contribution in [3.05, 3.63) is 47.5 Å². The van der Waals surface area contributed by atoms with Crippen molar-refractivity contribution in [1.82, 2.24) is 0 Å². The Kier molecular flexibility index (Phi) is 3.92. The van der Waals surface area contributed by atoms with Gasteiger partial charge in [0.25, 0.3) is 0 Å². The second kappa shape index (κ2) is 6.01. The van der Waals surface area contributed by atoms with Crippen molar-refractivity contribution in [1.29, 1.82) is 5.26 Å². The summed E-state index contributed by atoms with van der Waals surface area (Å²) >= 11 is 0. The molecule has 0 aromatic heterocycles. The highest BCUT2D eigenvalue weighted by molar-refractivity contribution is 5.88. The van der Waals surface area contributed by atoms with Crippen molar-refractivity contribution in [2.24, 2.45) is 0 Å². The lowest BCUT2D eigenvalue weighted by molar-refractivity contribution is 0.578. The van der Waals surface area contributed by atoms with Crippen molar-refractivity contribution >= 4 is 22.5 Å². The summed E-state index contributed by atoms with van der Waals surface area (Å²) in [6.07, 6.45) is 5.89. The van der Waals surface area contributed by atoms with Gasteiger partial charge in [0.05, 0.1) is 6.07 Å². The van der Waals surface area contributed by atoms with Gasteiger partial charge in [0.1, 0.15) is 0 Å². The molecule has 1 aliphatic rings. The Morgan fingerprint density at radius 2 is 1.76 bits per heavy atom. The van der Waals surface area contributed by atoms with Crippen LogP contribution in [0.2, 0.25) is 0 Å². The predicted octanol–water partition coefficient (Wildman–Crippen LogP) is 4.76. The van der Waals surface area contributed by atoms with Gasteiger partial charge in [-0.3, -0.25) is 0 Å². The molecule has 0 spiro atoms. The molecule has 1 saturated heterocycles. The number of benzene rings is 2. The van der Waals surface area contributed by atoms with E-state index in [2.05, 4.69) is 47.4 Å². The first kappa shape index (κ1) is 13.7. The van der Waals surface area contributed by atoms with Gasteiger partial charge in [0, 0.05) is 24.4 Å². The van der Waals surface area contributed by atoms with E-state index in [1.807, 2.05) is 13.0 Å². The third kappa shape index (κ3) is 3.08. The molecule has 1 fully saturated rings. The summed E-state index contributed by atoms with van der Waals surface area (Å²) in [5, 5.41) is 11.4. The SMILES string of the molecule is C/C(C#N)=C/c1ccc2cc(N3CCCCC3)ccc2c1. The van der Waals surface area contributed by atoms with Crippen molar-refractivity contribution in [3.63, 3.8) is 0 Å². The Hall–Kier alpha value is -2.27. The number of anilines is 1. The van der Waals surface area contributed by atoms with E-state index in [0.717, 1.165) is 11.1 Å². The highest BCUT2D eigenvalue weighted by Gasteiger charge is 2.11. The summed E-state index contributed by atoms with van der Waals surface area (Å²) in [6.45, 7) is 4.19. The maximum absolute atomic E-state index is 8.87. The molecule has 2 nitrogen and oxygen atoms in total. The average molecular weight is 276 g/mol. The second-order valence-electron chi connectivity index (χ2n) is 5.78. The first-order chi connectivity index (χ1) is 10.3. The highest BCUT2D eigenvalue weighted by Crippen LogP contribution is 2.26. The van der Waals surface area contributed by atoms with Crippen LogP contribution in [0.5, 0.6) is 0 Å². The summed E-state index contributed by atoms with van der Waals surface area (Å²) in [4.78, 5) is 2.48. The lowest BCUT2D eigenvalue weighted by atomic mass is 10.0. The second-order valence-corrected chi connectivity index (χ2v) is 5.78. The molecule has 2 heteroatoms. The number of fused-ring (bicyclic) bond motifs is 1. The van der Waals surface area contributed by atoms with Crippen molar-refractivity contribution in [3.8, 4) is 6.07 Å². The molecule has 1 heterocycles. The number of hydrogen-bond acceptors (Lipinski definition) is 2. The topological polar surface area (TPSA) is 27.0 Å². The maximum atomic E-state index is 8.87. The standard InChI is InChI=1S/C19H20N2/c1-15(14-20)11-16-5-6-18-13-19(8-7-17(18)12-16)21-9-3-2-4-10-21/h5-8,11-13H,2-4,9-10H2,1H3/b15-11-. The van der Waals surface area contributed by atoms with Gasteiger partial charge in [0.15, 0.2) is 0 Å². The first-order valence-corrected chi connectivity index (χ1v) is 7.63. The zero-order chi connectivity index (χ0) is 14.7. The predicted molar refractivity (Wildman–Crippen MR) is 89.3 cm³/mol. The van der Waals surface area contributed by atoms with E-state index in [9.17, 15) is 0 Å². The third-order valence-corrected chi connectivity index (χ3v) is 4.13. The quantitative estimate of drug-likeness (QED) is 0.740. The fraction of sp³-hybridized carbons (Fsp3) is 0.316. The normalized spacial score (nSPS) is 16.0. The van der Waals surface area contributed by atoms with E-state index in [1.165, 1.54) is 48.8 Å². The molecule has 0 radical (unpaired) electrons. The molecule has 0 saturated carbocycles. The van der Waals surface area contributed by atoms with Crippen LogP contribution >= 0.6 is 0 Å². The molecule has 106 valence electrons. The summed E-state index contributed by atoms with van der Waals surface area (Å²) < 4.78 is 0. The van der Waals surface area contributed by atoms with Gasteiger partial charge in [-0.2, -0.15) is 5.26 Å². The first-order valence-electron chi connectivity index (χ1n) is 7.63. The Bertz CT molecular complexity index is 716. The molecule has 2 aromatic carbocycles. The van der Waals surface area contributed by atoms with Crippen LogP contribution in [-0.4, -0.2) is 13.1 Å². The van der Waals surface area contributed by atoms with Crippen LogP contribution in [0.15, 0.2) is 42.0 Å². The van der Waals surface area contributed by atoms with Crippen molar-refractivity contribution < 1.29 is 0 Å². The molecule has 0 N–H and O–H groups in total. The van der Waals surface area contributed by atoms with Crippen LogP contribution < -0.4 is 4.90 Å². The molecular weight excluding hydrogens is 256 g/mol. The summed E-state index contributed by atoms with van der Waals surface area (Å²) in [5.41, 5.74) is 3.16. The minimum absolute atomic E-state index is 0.735. The van der Waals surface area contributed by atoms with Gasteiger partial charge in [-0.05, 0) is 66.8 Å². The summed E-state index contributed by atoms with van der Waals surface area (Å²) in [7, 11) is 0. The van der Waals surface area contributed by atoms with Crippen LogP contribution in [0.1, 0.15) is 31.7 Å². The van der Waals surface area contributed by atoms with Crippen LogP contribution in [0.3, 0.4) is 0 Å². The number of nitrogens with zero attached hydrogens (tertiary/aromatic N) is 2. The largest absolute Gasteiger partial charge is 0.372 e. The van der Waals surface area contributed by atoms with E-state index < -0.39 is 0 Å². The molecular formula is C19H20N2. The Balaban J connectivity index is 1.93. The number of rotatable bonds is 2. The van der Waals surface area contributed by atoms with Gasteiger partial charge in [-0.15, -0.1) is 0 Å². The fourth-order valence-electron chi connectivity index (χ4n) is 2.97. The fourth-order valence-corrected chi connectivity index (χ4v) is 2.97. The van der Waals surface area contributed by atoms with Gasteiger partial charge >= 0.3 is 0 Å². The monoisotopic (exact) mass is 276 g/mol. The minimum Gasteiger partial charge on any atom is -0.372 e. The lowest BCUT2D eigenvalue weighted by Crippen LogP contribution is -2.29. The minimum atomic E-state index is 0.735. The number of nitriles is 1. The number of piperidine rings is 1. The van der Waals surface area contributed by atoms with Crippen LogP contribution in [0, 0.1) is 11.3 Å². The Morgan fingerprint density at radius 1 is 1.05 bits per heavy atom. The highest BCUT2D eigenvalue weighted by atomic mass is 15.1. The van der Waals surface area contributed by atoms with Crippen molar-refractivity contribution in [2.45, 2.75) is 26.2 Å². The van der Waals surface area contributed by atoms with Crippen molar-refractivity contribution in [2.75, 3.05) is 18.0 Å². The molecule has 3 rings (SSSR count). The van der Waals surface area contributed by atoms with Crippen LogP contribution in [0.4, 0.5) is 5.69 Å². The summed E-state index contributed by atoms with van der Waals surface area (Å²) in [6, 6.07) is 15.3. The maximum Gasteiger partial charge on any atom is 0.0944 e. The van der Waals surface area contributed by atoms with Gasteiger partial charge in [0.2, 0.25) is 0 Å². The van der Waals surface area contributed by atoms with E-state index in [1.54, 1.807) is 0 Å². The van der Waals surface area contributed by atoms with Crippen LogP contribution in [0.25, 0.3) is 16.8 Å². The zero-order valence-electron chi connectivity index (χ0n) is 12.5. The van der Waals surface area contributed by atoms with E-state index in [-0.39, 0.29) is 0 Å². The smallest absolute Gasteiger partial charge is 0.0944 e. The molecule has 0 atom stereocenters. The van der Waals surface area contributed by atoms with E-state index in [0.29, 0.717) is 0 Å². The lowest BCUT2D eigenvalue weighted by Gasteiger charge is -2.29. The number of hydrogen-bond donors (Lipinski definition) is 0.